The molecule has 0 aliphatic rings. The Morgan fingerprint density at radius 2 is 1.90 bits per heavy atom. The molecule has 21 heavy (non-hydrogen) atoms. The van der Waals surface area contributed by atoms with Crippen LogP contribution in [0.15, 0.2) is 42.5 Å². The molecule has 0 aliphatic carbocycles. The molecule has 0 spiro atoms. The first-order chi connectivity index (χ1) is 9.58. The fraction of sp³-hybridized carbons (Fsp3) is 0.333. The van der Waals surface area contributed by atoms with Crippen LogP contribution in [0.4, 0.5) is 0 Å². The van der Waals surface area contributed by atoms with Crippen molar-refractivity contribution < 1.29 is 19.4 Å². The van der Waals surface area contributed by atoms with Gasteiger partial charge in [0.15, 0.2) is 0 Å². The van der Waals surface area contributed by atoms with E-state index in [4.69, 9.17) is 9.84 Å². The minimum Gasteiger partial charge on any atom is -0.478 e. The summed E-state index contributed by atoms with van der Waals surface area (Å²) in [6.45, 7) is 1.92. The van der Waals surface area contributed by atoms with Crippen molar-refractivity contribution in [2.75, 3.05) is 20.2 Å². The van der Waals surface area contributed by atoms with Gasteiger partial charge >= 0.3 is 11.9 Å². The zero-order valence-electron chi connectivity index (χ0n) is 11.9. The molecule has 0 fully saturated rings. The van der Waals surface area contributed by atoms with Gasteiger partial charge in [-0.1, -0.05) is 30.3 Å². The highest BCUT2D eigenvalue weighted by molar-refractivity contribution is 5.90. The first kappa shape index (κ1) is 19.1. The Morgan fingerprint density at radius 3 is 2.52 bits per heavy atom. The first-order valence-electron chi connectivity index (χ1n) is 6.38. The molecule has 5 nitrogen and oxygen atoms in total. The van der Waals surface area contributed by atoms with E-state index in [0.29, 0.717) is 6.42 Å². The van der Waals surface area contributed by atoms with Gasteiger partial charge in [0.2, 0.25) is 0 Å². The van der Waals surface area contributed by atoms with Crippen molar-refractivity contribution in [1.29, 1.82) is 0 Å². The highest BCUT2D eigenvalue weighted by Crippen LogP contribution is 2.02. The maximum Gasteiger partial charge on any atom is 0.331 e. The van der Waals surface area contributed by atoms with Crippen LogP contribution in [0.2, 0.25) is 0 Å². The van der Waals surface area contributed by atoms with Crippen molar-refractivity contribution in [2.45, 2.75) is 13.0 Å². The van der Waals surface area contributed by atoms with Crippen molar-refractivity contribution in [1.82, 2.24) is 4.90 Å². The third-order valence-corrected chi connectivity index (χ3v) is 2.59. The fourth-order valence-corrected chi connectivity index (χ4v) is 1.67. The van der Waals surface area contributed by atoms with E-state index in [1.165, 1.54) is 5.56 Å². The van der Waals surface area contributed by atoms with Crippen LogP contribution in [0.5, 0.6) is 0 Å². The van der Waals surface area contributed by atoms with E-state index in [-0.39, 0.29) is 19.0 Å². The summed E-state index contributed by atoms with van der Waals surface area (Å²) in [5.41, 5.74) is 1.23. The zero-order chi connectivity index (χ0) is 14.8. The summed E-state index contributed by atoms with van der Waals surface area (Å²) in [7, 11) is 2.00. The molecule has 116 valence electrons. The molecule has 0 saturated heterocycles. The molecule has 0 unspecified atom stereocenters. The number of hydrogen-bond acceptors (Lipinski definition) is 4. The zero-order valence-corrected chi connectivity index (χ0v) is 12.7. The molecule has 1 aromatic rings. The summed E-state index contributed by atoms with van der Waals surface area (Å²) in [6.07, 6.45) is 2.38. The van der Waals surface area contributed by atoms with E-state index in [9.17, 15) is 9.59 Å². The number of nitrogens with zero attached hydrogens (tertiary/aromatic N) is 1. The van der Waals surface area contributed by atoms with Gasteiger partial charge in [-0.05, 0) is 19.0 Å². The van der Waals surface area contributed by atoms with Crippen molar-refractivity contribution in [3.05, 3.63) is 48.0 Å². The molecule has 6 heteroatoms. The summed E-state index contributed by atoms with van der Waals surface area (Å²) in [5, 5.41) is 8.35. The third-order valence-electron chi connectivity index (χ3n) is 2.59. The summed E-state index contributed by atoms with van der Waals surface area (Å²) >= 11 is 0. The van der Waals surface area contributed by atoms with E-state index in [2.05, 4.69) is 17.0 Å². The number of benzene rings is 1. The fourth-order valence-electron chi connectivity index (χ4n) is 1.67. The summed E-state index contributed by atoms with van der Waals surface area (Å²) < 4.78 is 4.88. The standard InChI is InChI=1S/C15H19NO4.ClH/c1-16(12-13-6-3-2-4-7-13)10-5-11-20-15(19)9-8-14(17)18;/h2-4,6-9H,5,10-12H2,1H3,(H,17,18);1H/b9-8+;. The van der Waals surface area contributed by atoms with Crippen molar-refractivity contribution in [3.8, 4) is 0 Å². The van der Waals surface area contributed by atoms with Crippen LogP contribution in [0, 0.1) is 0 Å². The molecule has 0 bridgehead atoms. The second-order valence-corrected chi connectivity index (χ2v) is 4.42. The van der Waals surface area contributed by atoms with Gasteiger partial charge in [0, 0.05) is 25.2 Å². The number of halogens is 1. The molecule has 1 N–H and O–H groups in total. The van der Waals surface area contributed by atoms with Crippen LogP contribution >= 0.6 is 12.4 Å². The molecular formula is C15H20ClNO4. The van der Waals surface area contributed by atoms with E-state index in [1.807, 2.05) is 25.2 Å². The van der Waals surface area contributed by atoms with Crippen molar-refractivity contribution in [3.63, 3.8) is 0 Å². The van der Waals surface area contributed by atoms with Crippen LogP contribution in [0.1, 0.15) is 12.0 Å². The predicted octanol–water partition coefficient (Wildman–Crippen LogP) is 2.11. The van der Waals surface area contributed by atoms with Gasteiger partial charge in [-0.15, -0.1) is 12.4 Å². The molecule has 0 atom stereocenters. The molecule has 0 aromatic heterocycles. The summed E-state index contributed by atoms with van der Waals surface area (Å²) in [5.74, 6) is -1.79. The molecule has 0 heterocycles. The second kappa shape index (κ2) is 10.9. The van der Waals surface area contributed by atoms with Gasteiger partial charge in [-0.3, -0.25) is 0 Å². The lowest BCUT2D eigenvalue weighted by molar-refractivity contribution is -0.138. The Balaban J connectivity index is 0.00000400. The number of hydrogen-bond donors (Lipinski definition) is 1. The van der Waals surface area contributed by atoms with Gasteiger partial charge in [0.1, 0.15) is 0 Å². The summed E-state index contributed by atoms with van der Waals surface area (Å²) in [6, 6.07) is 10.1. The second-order valence-electron chi connectivity index (χ2n) is 4.42. The Kier molecular flexibility index (Phi) is 9.92. The topological polar surface area (TPSA) is 66.8 Å². The number of carbonyl (C=O) groups is 2. The number of esters is 1. The average Bonchev–Trinajstić information content (AvgIpc) is 2.42. The van der Waals surface area contributed by atoms with Gasteiger partial charge in [-0.25, -0.2) is 9.59 Å². The monoisotopic (exact) mass is 313 g/mol. The largest absolute Gasteiger partial charge is 0.478 e. The SMILES string of the molecule is CN(CCCOC(=O)/C=C/C(=O)O)Cc1ccccc1.Cl. The molecule has 0 radical (unpaired) electrons. The number of carboxylic acids is 1. The smallest absolute Gasteiger partial charge is 0.331 e. The number of ether oxygens (including phenoxy) is 1. The highest BCUT2D eigenvalue weighted by atomic mass is 35.5. The van der Waals surface area contributed by atoms with E-state index in [1.54, 1.807) is 0 Å². The van der Waals surface area contributed by atoms with Crippen LogP contribution < -0.4 is 0 Å². The average molecular weight is 314 g/mol. The van der Waals surface area contributed by atoms with Crippen LogP contribution in [0.3, 0.4) is 0 Å². The molecule has 1 rings (SSSR count). The summed E-state index contributed by atoms with van der Waals surface area (Å²) in [4.78, 5) is 23.4. The lowest BCUT2D eigenvalue weighted by Crippen LogP contribution is -2.20. The Labute approximate surface area is 130 Å². The van der Waals surface area contributed by atoms with Gasteiger partial charge in [0.25, 0.3) is 0 Å². The molecular weight excluding hydrogens is 294 g/mol. The Bertz CT molecular complexity index is 462. The Hall–Kier alpha value is -1.85. The van der Waals surface area contributed by atoms with Crippen molar-refractivity contribution in [2.24, 2.45) is 0 Å². The van der Waals surface area contributed by atoms with E-state index < -0.39 is 11.9 Å². The maximum absolute atomic E-state index is 11.1. The first-order valence-corrected chi connectivity index (χ1v) is 6.38. The minimum atomic E-state index is -1.16. The molecule has 0 amide bonds. The number of carbonyl (C=O) groups excluding carboxylic acids is 1. The number of rotatable bonds is 8. The minimum absolute atomic E-state index is 0. The number of carboxylic acid groups (broad SMARTS) is 1. The Morgan fingerprint density at radius 1 is 1.24 bits per heavy atom. The third kappa shape index (κ3) is 9.65. The van der Waals surface area contributed by atoms with Gasteiger partial charge < -0.3 is 14.7 Å². The van der Waals surface area contributed by atoms with E-state index >= 15 is 0 Å². The van der Waals surface area contributed by atoms with Gasteiger partial charge in [0.05, 0.1) is 6.61 Å². The lowest BCUT2D eigenvalue weighted by atomic mass is 10.2. The van der Waals surface area contributed by atoms with Crippen LogP contribution in [-0.4, -0.2) is 42.1 Å². The van der Waals surface area contributed by atoms with Crippen LogP contribution in [-0.2, 0) is 20.9 Å². The predicted molar refractivity (Wildman–Crippen MR) is 82.4 cm³/mol. The quantitative estimate of drug-likeness (QED) is 0.452. The maximum atomic E-state index is 11.1. The molecule has 0 saturated carbocycles. The highest BCUT2D eigenvalue weighted by Gasteiger charge is 2.02. The number of aliphatic carboxylic acids is 1. The molecule has 0 aliphatic heterocycles. The van der Waals surface area contributed by atoms with E-state index in [0.717, 1.165) is 25.2 Å². The van der Waals surface area contributed by atoms with Gasteiger partial charge in [-0.2, -0.15) is 0 Å². The normalized spacial score (nSPS) is 10.4. The van der Waals surface area contributed by atoms with Crippen molar-refractivity contribution >= 4 is 24.3 Å². The molecule has 1 aromatic carbocycles. The lowest BCUT2D eigenvalue weighted by Gasteiger charge is -2.16. The van der Waals surface area contributed by atoms with Crippen LogP contribution in [0.25, 0.3) is 0 Å².